The van der Waals surface area contributed by atoms with Crippen LogP contribution in [-0.4, -0.2) is 24.0 Å². The van der Waals surface area contributed by atoms with Gasteiger partial charge in [0.2, 0.25) is 0 Å². The molecule has 2 bridgehead atoms. The van der Waals surface area contributed by atoms with Gasteiger partial charge in [-0.05, 0) is 51.5 Å². The van der Waals surface area contributed by atoms with Gasteiger partial charge in [0, 0.05) is 12.1 Å². The van der Waals surface area contributed by atoms with Crippen molar-refractivity contribution in [3.8, 4) is 0 Å². The van der Waals surface area contributed by atoms with E-state index >= 15 is 0 Å². The van der Waals surface area contributed by atoms with Gasteiger partial charge in [-0.15, -0.1) is 0 Å². The van der Waals surface area contributed by atoms with Crippen molar-refractivity contribution in [3.63, 3.8) is 0 Å². The van der Waals surface area contributed by atoms with Crippen LogP contribution in [0.25, 0.3) is 0 Å². The summed E-state index contributed by atoms with van der Waals surface area (Å²) in [6, 6.07) is 1.74. The second-order valence-corrected chi connectivity index (χ2v) is 5.08. The van der Waals surface area contributed by atoms with Gasteiger partial charge in [-0.3, -0.25) is 0 Å². The van der Waals surface area contributed by atoms with Crippen LogP contribution in [0, 0.1) is 11.8 Å². The van der Waals surface area contributed by atoms with E-state index in [4.69, 9.17) is 0 Å². The van der Waals surface area contributed by atoms with Crippen LogP contribution in [0.4, 0.5) is 0 Å². The van der Waals surface area contributed by atoms with Gasteiger partial charge < -0.3 is 4.90 Å². The second kappa shape index (κ2) is 3.02. The van der Waals surface area contributed by atoms with Gasteiger partial charge in [0.05, 0.1) is 0 Å². The van der Waals surface area contributed by atoms with Crippen LogP contribution in [0.3, 0.4) is 0 Å². The van der Waals surface area contributed by atoms with Crippen molar-refractivity contribution in [2.45, 2.75) is 51.6 Å². The summed E-state index contributed by atoms with van der Waals surface area (Å²) in [5, 5.41) is 0. The number of hydrogen-bond donors (Lipinski definition) is 0. The SMILES string of the molecule is CC1CC2CC(C)N(C)C(C1)C2. The number of rotatable bonds is 0. The fourth-order valence-corrected chi connectivity index (χ4v) is 3.24. The summed E-state index contributed by atoms with van der Waals surface area (Å²) in [5.74, 6) is 2.02. The largest absolute Gasteiger partial charge is 0.301 e. The maximum Gasteiger partial charge on any atom is 0.0100 e. The Morgan fingerprint density at radius 1 is 1.00 bits per heavy atom. The molecule has 1 heterocycles. The average Bonchev–Trinajstić information content (AvgIpc) is 1.99. The quantitative estimate of drug-likeness (QED) is 0.536. The Labute approximate surface area is 76.1 Å². The van der Waals surface area contributed by atoms with Crippen molar-refractivity contribution in [1.29, 1.82) is 0 Å². The van der Waals surface area contributed by atoms with Crippen molar-refractivity contribution >= 4 is 0 Å². The third-order valence-corrected chi connectivity index (χ3v) is 3.96. The van der Waals surface area contributed by atoms with Crippen LogP contribution in [0.15, 0.2) is 0 Å². The Morgan fingerprint density at radius 3 is 2.50 bits per heavy atom. The molecular weight excluding hydrogens is 146 g/mol. The number of hydrogen-bond acceptors (Lipinski definition) is 1. The number of fused-ring (bicyclic) bond motifs is 2. The second-order valence-electron chi connectivity index (χ2n) is 5.08. The molecule has 2 rings (SSSR count). The van der Waals surface area contributed by atoms with Gasteiger partial charge in [0.1, 0.15) is 0 Å². The number of likely N-dealkylation sites (tertiary alicyclic amines) is 1. The predicted molar refractivity (Wildman–Crippen MR) is 52.1 cm³/mol. The van der Waals surface area contributed by atoms with Crippen LogP contribution >= 0.6 is 0 Å². The average molecular weight is 167 g/mol. The van der Waals surface area contributed by atoms with E-state index < -0.39 is 0 Å². The minimum Gasteiger partial charge on any atom is -0.301 e. The number of nitrogens with zero attached hydrogens (tertiary/aromatic N) is 1. The van der Waals surface area contributed by atoms with Gasteiger partial charge in [-0.25, -0.2) is 0 Å². The van der Waals surface area contributed by atoms with E-state index in [1.54, 1.807) is 0 Å². The Morgan fingerprint density at radius 2 is 1.75 bits per heavy atom. The highest BCUT2D eigenvalue weighted by Gasteiger charge is 2.35. The fourth-order valence-electron chi connectivity index (χ4n) is 3.24. The molecule has 1 heteroatoms. The summed E-state index contributed by atoms with van der Waals surface area (Å²) >= 11 is 0. The van der Waals surface area contributed by atoms with E-state index in [1.807, 2.05) is 0 Å². The van der Waals surface area contributed by atoms with Crippen LogP contribution in [0.1, 0.15) is 39.5 Å². The molecule has 0 N–H and O–H groups in total. The standard InChI is InChI=1S/C11H21N/c1-8-4-10-6-9(2)12(3)11(5-8)7-10/h8-11H,4-7H2,1-3H3. The molecule has 1 saturated heterocycles. The third kappa shape index (κ3) is 1.39. The van der Waals surface area contributed by atoms with Crippen molar-refractivity contribution in [2.24, 2.45) is 11.8 Å². The number of piperidine rings is 1. The van der Waals surface area contributed by atoms with E-state index in [0.29, 0.717) is 0 Å². The Bertz CT molecular complexity index is 162. The summed E-state index contributed by atoms with van der Waals surface area (Å²) in [6.07, 6.45) is 5.86. The van der Waals surface area contributed by atoms with Crippen molar-refractivity contribution < 1.29 is 0 Å². The molecule has 70 valence electrons. The van der Waals surface area contributed by atoms with Crippen LogP contribution in [0.2, 0.25) is 0 Å². The molecule has 2 aliphatic rings. The molecule has 2 fully saturated rings. The Balaban J connectivity index is 2.07. The molecule has 0 radical (unpaired) electrons. The summed E-state index contributed by atoms with van der Waals surface area (Å²) in [7, 11) is 2.31. The van der Waals surface area contributed by atoms with Gasteiger partial charge in [0.15, 0.2) is 0 Å². The van der Waals surface area contributed by atoms with Gasteiger partial charge in [0.25, 0.3) is 0 Å². The lowest BCUT2D eigenvalue weighted by atomic mass is 9.73. The predicted octanol–water partition coefficient (Wildman–Crippen LogP) is 2.52. The topological polar surface area (TPSA) is 3.24 Å². The first-order valence-electron chi connectivity index (χ1n) is 5.38. The third-order valence-electron chi connectivity index (χ3n) is 3.96. The van der Waals surface area contributed by atoms with Crippen LogP contribution < -0.4 is 0 Å². The first kappa shape index (κ1) is 8.55. The maximum atomic E-state index is 2.60. The molecule has 4 unspecified atom stereocenters. The first-order valence-corrected chi connectivity index (χ1v) is 5.38. The molecule has 0 spiro atoms. The lowest BCUT2D eigenvalue weighted by Crippen LogP contribution is -2.48. The molecule has 1 aliphatic carbocycles. The first-order chi connectivity index (χ1) is 5.66. The monoisotopic (exact) mass is 167 g/mol. The molecule has 1 aliphatic heterocycles. The Kier molecular flexibility index (Phi) is 2.16. The zero-order valence-electron chi connectivity index (χ0n) is 8.59. The van der Waals surface area contributed by atoms with E-state index in [1.165, 1.54) is 25.7 Å². The zero-order valence-corrected chi connectivity index (χ0v) is 8.59. The molecule has 4 atom stereocenters. The summed E-state index contributed by atoms with van der Waals surface area (Å²) in [4.78, 5) is 2.60. The smallest absolute Gasteiger partial charge is 0.0100 e. The van der Waals surface area contributed by atoms with E-state index in [9.17, 15) is 0 Å². The summed E-state index contributed by atoms with van der Waals surface area (Å²) in [6.45, 7) is 4.80. The van der Waals surface area contributed by atoms with Crippen molar-refractivity contribution in [1.82, 2.24) is 4.90 Å². The molecule has 0 amide bonds. The van der Waals surface area contributed by atoms with Crippen LogP contribution in [0.5, 0.6) is 0 Å². The highest BCUT2D eigenvalue weighted by atomic mass is 15.2. The highest BCUT2D eigenvalue weighted by Crippen LogP contribution is 2.39. The molecule has 0 aromatic rings. The van der Waals surface area contributed by atoms with Gasteiger partial charge in [-0.2, -0.15) is 0 Å². The van der Waals surface area contributed by atoms with E-state index in [0.717, 1.165) is 23.9 Å². The van der Waals surface area contributed by atoms with Crippen molar-refractivity contribution in [3.05, 3.63) is 0 Å². The minimum absolute atomic E-state index is 0.834. The van der Waals surface area contributed by atoms with Crippen LogP contribution in [-0.2, 0) is 0 Å². The maximum absolute atomic E-state index is 2.60. The normalized spacial score (nSPS) is 49.2. The lowest BCUT2D eigenvalue weighted by Gasteiger charge is -2.47. The highest BCUT2D eigenvalue weighted by molar-refractivity contribution is 4.90. The molecular formula is C11H21N. The Hall–Kier alpha value is -0.0400. The molecule has 1 saturated carbocycles. The fraction of sp³-hybridized carbons (Fsp3) is 1.00. The van der Waals surface area contributed by atoms with Gasteiger partial charge >= 0.3 is 0 Å². The molecule has 1 nitrogen and oxygen atoms in total. The minimum atomic E-state index is 0.834. The lowest BCUT2D eigenvalue weighted by molar-refractivity contribution is 0.0319. The molecule has 0 aromatic heterocycles. The zero-order chi connectivity index (χ0) is 8.72. The van der Waals surface area contributed by atoms with Crippen molar-refractivity contribution in [2.75, 3.05) is 7.05 Å². The van der Waals surface area contributed by atoms with E-state index in [2.05, 4.69) is 25.8 Å². The van der Waals surface area contributed by atoms with Gasteiger partial charge in [-0.1, -0.05) is 6.92 Å². The molecule has 0 aromatic carbocycles. The summed E-state index contributed by atoms with van der Waals surface area (Å²) in [5.41, 5.74) is 0. The summed E-state index contributed by atoms with van der Waals surface area (Å²) < 4.78 is 0. The van der Waals surface area contributed by atoms with E-state index in [-0.39, 0.29) is 0 Å². The molecule has 12 heavy (non-hydrogen) atoms.